The van der Waals surface area contributed by atoms with Gasteiger partial charge in [0.15, 0.2) is 0 Å². The summed E-state index contributed by atoms with van der Waals surface area (Å²) in [5, 5.41) is 12.3. The van der Waals surface area contributed by atoms with E-state index < -0.39 is 12.0 Å². The first-order valence-electron chi connectivity index (χ1n) is 10.4. The summed E-state index contributed by atoms with van der Waals surface area (Å²) in [6, 6.07) is 18.7. The van der Waals surface area contributed by atoms with Gasteiger partial charge in [0.05, 0.1) is 6.04 Å². The van der Waals surface area contributed by atoms with Gasteiger partial charge in [0.1, 0.15) is 6.04 Å². The molecule has 3 rings (SSSR count). The Morgan fingerprint density at radius 3 is 2.10 bits per heavy atom. The number of amides is 1. The van der Waals surface area contributed by atoms with Crippen molar-refractivity contribution in [2.45, 2.75) is 44.7 Å². The zero-order valence-electron chi connectivity index (χ0n) is 17.0. The Labute approximate surface area is 172 Å². The lowest BCUT2D eigenvalue weighted by molar-refractivity contribution is -0.142. The molecule has 0 bridgehead atoms. The molecule has 1 fully saturated rings. The van der Waals surface area contributed by atoms with Crippen LogP contribution in [0, 0.1) is 5.92 Å². The van der Waals surface area contributed by atoms with Crippen LogP contribution in [-0.4, -0.2) is 47.1 Å². The number of carbonyl (C=O) groups excluding carboxylic acids is 1. The first-order valence-corrected chi connectivity index (χ1v) is 10.4. The highest BCUT2D eigenvalue weighted by atomic mass is 16.4. The van der Waals surface area contributed by atoms with Crippen LogP contribution in [0.25, 0.3) is 0 Å². The lowest BCUT2D eigenvalue weighted by Crippen LogP contribution is -2.52. The Hall–Kier alpha value is -2.66. The molecule has 1 saturated heterocycles. The Bertz CT molecular complexity index is 786. The van der Waals surface area contributed by atoms with Gasteiger partial charge in [-0.3, -0.25) is 9.69 Å². The van der Waals surface area contributed by atoms with E-state index >= 15 is 0 Å². The number of hydrogen-bond acceptors (Lipinski definition) is 3. The third kappa shape index (κ3) is 6.16. The van der Waals surface area contributed by atoms with E-state index in [-0.39, 0.29) is 18.4 Å². The van der Waals surface area contributed by atoms with Gasteiger partial charge in [0.2, 0.25) is 5.91 Å². The second kappa shape index (κ2) is 10.2. The summed E-state index contributed by atoms with van der Waals surface area (Å²) in [7, 11) is 0. The van der Waals surface area contributed by atoms with Crippen LogP contribution in [0.4, 0.5) is 0 Å². The molecule has 0 aliphatic carbocycles. The molecule has 1 unspecified atom stereocenters. The van der Waals surface area contributed by atoms with E-state index in [0.29, 0.717) is 5.92 Å². The van der Waals surface area contributed by atoms with Crippen molar-refractivity contribution in [2.75, 3.05) is 13.1 Å². The molecule has 1 amide bonds. The average molecular weight is 395 g/mol. The molecule has 1 aliphatic heterocycles. The van der Waals surface area contributed by atoms with E-state index in [0.717, 1.165) is 37.9 Å². The first-order chi connectivity index (χ1) is 14.0. The predicted molar refractivity (Wildman–Crippen MR) is 114 cm³/mol. The lowest BCUT2D eigenvalue weighted by atomic mass is 9.89. The number of rotatable bonds is 8. The second-order valence-electron chi connectivity index (χ2n) is 7.93. The number of nitrogens with zero attached hydrogens (tertiary/aromatic N) is 1. The fourth-order valence-corrected chi connectivity index (χ4v) is 4.00. The van der Waals surface area contributed by atoms with Crippen molar-refractivity contribution in [3.63, 3.8) is 0 Å². The Morgan fingerprint density at radius 1 is 1.00 bits per heavy atom. The van der Waals surface area contributed by atoms with Crippen molar-refractivity contribution in [3.05, 3.63) is 71.8 Å². The van der Waals surface area contributed by atoms with E-state index in [4.69, 9.17) is 0 Å². The van der Waals surface area contributed by atoms with Crippen molar-refractivity contribution >= 4 is 11.9 Å². The van der Waals surface area contributed by atoms with E-state index in [1.54, 1.807) is 0 Å². The van der Waals surface area contributed by atoms with Gasteiger partial charge >= 0.3 is 5.97 Å². The highest BCUT2D eigenvalue weighted by Gasteiger charge is 2.29. The van der Waals surface area contributed by atoms with Crippen molar-refractivity contribution < 1.29 is 14.7 Å². The summed E-state index contributed by atoms with van der Waals surface area (Å²) in [5.74, 6) is -0.584. The van der Waals surface area contributed by atoms with Gasteiger partial charge in [-0.1, -0.05) is 60.7 Å². The number of carbonyl (C=O) groups is 2. The number of aliphatic carboxylic acids is 1. The maximum atomic E-state index is 12.7. The van der Waals surface area contributed by atoms with E-state index in [2.05, 4.69) is 34.5 Å². The molecule has 2 N–H and O–H groups in total. The smallest absolute Gasteiger partial charge is 0.326 e. The fourth-order valence-electron chi connectivity index (χ4n) is 4.00. The van der Waals surface area contributed by atoms with Gasteiger partial charge in [0.25, 0.3) is 0 Å². The third-order valence-corrected chi connectivity index (χ3v) is 5.84. The molecule has 1 heterocycles. The predicted octanol–water partition coefficient (Wildman–Crippen LogP) is 3.14. The van der Waals surface area contributed by atoms with Gasteiger partial charge in [-0.15, -0.1) is 0 Å². The number of piperidine rings is 1. The molecule has 154 valence electrons. The molecule has 29 heavy (non-hydrogen) atoms. The molecule has 2 aromatic rings. The Morgan fingerprint density at radius 2 is 1.55 bits per heavy atom. The average Bonchev–Trinajstić information content (AvgIpc) is 2.74. The monoisotopic (exact) mass is 394 g/mol. The van der Waals surface area contributed by atoms with Crippen molar-refractivity contribution in [1.82, 2.24) is 10.2 Å². The topological polar surface area (TPSA) is 69.6 Å². The van der Waals surface area contributed by atoms with Crippen LogP contribution in [-0.2, 0) is 22.4 Å². The zero-order valence-corrected chi connectivity index (χ0v) is 17.0. The van der Waals surface area contributed by atoms with Gasteiger partial charge in [-0.05, 0) is 56.3 Å². The van der Waals surface area contributed by atoms with E-state index in [1.807, 2.05) is 43.3 Å². The normalized spacial score (nSPS) is 17.4. The lowest BCUT2D eigenvalue weighted by Gasteiger charge is -2.35. The van der Waals surface area contributed by atoms with Crippen LogP contribution >= 0.6 is 0 Å². The van der Waals surface area contributed by atoms with Crippen LogP contribution in [0.3, 0.4) is 0 Å². The summed E-state index contributed by atoms with van der Waals surface area (Å²) < 4.78 is 0. The molecule has 5 nitrogen and oxygen atoms in total. The minimum Gasteiger partial charge on any atom is -0.480 e. The SMILES string of the molecule is CC(C(=O)N[C@@H](Cc1ccccc1)C(=O)O)N1CCC(Cc2ccccc2)CC1. The largest absolute Gasteiger partial charge is 0.480 e. The molecular weight excluding hydrogens is 364 g/mol. The number of benzene rings is 2. The molecular formula is C24H30N2O3. The molecule has 5 heteroatoms. The highest BCUT2D eigenvalue weighted by Crippen LogP contribution is 2.23. The van der Waals surface area contributed by atoms with Crippen molar-refractivity contribution in [2.24, 2.45) is 5.92 Å². The Kier molecular flexibility index (Phi) is 7.42. The molecule has 0 radical (unpaired) electrons. The van der Waals surface area contributed by atoms with Crippen LogP contribution in [0.1, 0.15) is 30.9 Å². The Balaban J connectivity index is 1.49. The summed E-state index contributed by atoms with van der Waals surface area (Å²) in [5.41, 5.74) is 2.26. The molecule has 2 atom stereocenters. The van der Waals surface area contributed by atoms with Crippen LogP contribution in [0.2, 0.25) is 0 Å². The molecule has 0 aromatic heterocycles. The van der Waals surface area contributed by atoms with Crippen LogP contribution in [0.5, 0.6) is 0 Å². The van der Waals surface area contributed by atoms with Gasteiger partial charge in [0, 0.05) is 6.42 Å². The van der Waals surface area contributed by atoms with Gasteiger partial charge in [-0.2, -0.15) is 0 Å². The summed E-state index contributed by atoms with van der Waals surface area (Å²) >= 11 is 0. The summed E-state index contributed by atoms with van der Waals surface area (Å²) in [6.07, 6.45) is 3.47. The fraction of sp³-hybridized carbons (Fsp3) is 0.417. The molecule has 0 spiro atoms. The zero-order chi connectivity index (χ0) is 20.6. The van der Waals surface area contributed by atoms with Crippen molar-refractivity contribution in [1.29, 1.82) is 0 Å². The van der Waals surface area contributed by atoms with E-state index in [1.165, 1.54) is 5.56 Å². The number of likely N-dealkylation sites (tertiary alicyclic amines) is 1. The summed E-state index contributed by atoms with van der Waals surface area (Å²) in [6.45, 7) is 3.60. The first kappa shape index (κ1) is 21.1. The third-order valence-electron chi connectivity index (χ3n) is 5.84. The molecule has 1 aliphatic rings. The van der Waals surface area contributed by atoms with Crippen LogP contribution < -0.4 is 5.32 Å². The standard InChI is InChI=1S/C24H30N2O3/c1-18(23(27)25-22(24(28)29)17-20-10-6-3-7-11-20)26-14-12-21(13-15-26)16-19-8-4-2-5-9-19/h2-11,18,21-22H,12-17H2,1H3,(H,25,27)(H,28,29)/t18?,22-/m0/s1. The number of carboxylic acids is 1. The molecule has 2 aromatic carbocycles. The number of hydrogen-bond donors (Lipinski definition) is 2. The minimum absolute atomic E-state index is 0.213. The minimum atomic E-state index is -1.00. The number of carboxylic acid groups (broad SMARTS) is 1. The maximum absolute atomic E-state index is 12.7. The highest BCUT2D eigenvalue weighted by molar-refractivity contribution is 5.86. The van der Waals surface area contributed by atoms with Crippen molar-refractivity contribution in [3.8, 4) is 0 Å². The van der Waals surface area contributed by atoms with Gasteiger partial charge in [-0.25, -0.2) is 4.79 Å². The maximum Gasteiger partial charge on any atom is 0.326 e. The van der Waals surface area contributed by atoms with E-state index in [9.17, 15) is 14.7 Å². The number of nitrogens with one attached hydrogen (secondary N) is 1. The van der Waals surface area contributed by atoms with Crippen LogP contribution in [0.15, 0.2) is 60.7 Å². The summed E-state index contributed by atoms with van der Waals surface area (Å²) in [4.78, 5) is 26.5. The van der Waals surface area contributed by atoms with Gasteiger partial charge < -0.3 is 10.4 Å². The molecule has 0 saturated carbocycles. The quantitative estimate of drug-likeness (QED) is 0.722. The second-order valence-corrected chi connectivity index (χ2v) is 7.93.